The van der Waals surface area contributed by atoms with E-state index in [0.29, 0.717) is 47.2 Å². The fourth-order valence-corrected chi connectivity index (χ4v) is 2.74. The molecule has 9 heteroatoms. The molecule has 2 amide bonds. The van der Waals surface area contributed by atoms with E-state index in [1.165, 1.54) is 11.3 Å². The van der Waals surface area contributed by atoms with Gasteiger partial charge in [0.2, 0.25) is 5.13 Å². The average molecular weight is 355 g/mol. The maximum Gasteiger partial charge on any atom is 0.323 e. The van der Waals surface area contributed by atoms with Crippen LogP contribution in [0.4, 0.5) is 9.93 Å². The first-order valence-electron chi connectivity index (χ1n) is 7.05. The Morgan fingerprint density at radius 2 is 2.04 bits per heavy atom. The van der Waals surface area contributed by atoms with Gasteiger partial charge in [0.1, 0.15) is 12.4 Å². The summed E-state index contributed by atoms with van der Waals surface area (Å²) in [4.78, 5) is 13.7. The third-order valence-electron chi connectivity index (χ3n) is 3.15. The van der Waals surface area contributed by atoms with Gasteiger partial charge in [0.15, 0.2) is 5.01 Å². The maximum absolute atomic E-state index is 12.0. The predicted molar refractivity (Wildman–Crippen MR) is 87.1 cm³/mol. The third-order valence-corrected chi connectivity index (χ3v) is 4.22. The molecule has 1 aromatic carbocycles. The quantitative estimate of drug-likeness (QED) is 0.913. The first kappa shape index (κ1) is 16.0. The van der Waals surface area contributed by atoms with Gasteiger partial charge in [0, 0.05) is 18.1 Å². The summed E-state index contributed by atoms with van der Waals surface area (Å²) in [5.74, 6) is 0.698. The first-order chi connectivity index (χ1) is 11.2. The van der Waals surface area contributed by atoms with Crippen LogP contribution in [0.2, 0.25) is 5.02 Å². The molecule has 0 atom stereocenters. The van der Waals surface area contributed by atoms with Crippen molar-refractivity contribution in [2.24, 2.45) is 0 Å². The van der Waals surface area contributed by atoms with Gasteiger partial charge in [-0.15, -0.1) is 10.2 Å². The highest BCUT2D eigenvalue weighted by Gasteiger charge is 2.18. The molecule has 23 heavy (non-hydrogen) atoms. The maximum atomic E-state index is 12.0. The number of halogens is 1. The van der Waals surface area contributed by atoms with Crippen LogP contribution in [0.25, 0.3) is 0 Å². The number of urea groups is 1. The molecular weight excluding hydrogens is 340 g/mol. The number of rotatable bonds is 4. The summed E-state index contributed by atoms with van der Waals surface area (Å²) in [5.41, 5.74) is 0. The molecule has 0 aliphatic carbocycles. The minimum atomic E-state index is -0.186. The minimum absolute atomic E-state index is 0.186. The SMILES string of the molecule is O=C(Nc1nnc(COc2ccc(Cl)cc2)s1)N1CCOCC1. The topological polar surface area (TPSA) is 76.6 Å². The van der Waals surface area contributed by atoms with E-state index in [-0.39, 0.29) is 12.6 Å². The molecule has 0 saturated carbocycles. The van der Waals surface area contributed by atoms with Gasteiger partial charge < -0.3 is 14.4 Å². The lowest BCUT2D eigenvalue weighted by Crippen LogP contribution is -2.43. The molecule has 2 aromatic rings. The van der Waals surface area contributed by atoms with Crippen LogP contribution in [0.15, 0.2) is 24.3 Å². The number of morpholine rings is 1. The number of carbonyl (C=O) groups excluding carboxylic acids is 1. The number of nitrogens with zero attached hydrogens (tertiary/aromatic N) is 3. The van der Waals surface area contributed by atoms with Crippen molar-refractivity contribution in [1.82, 2.24) is 15.1 Å². The minimum Gasteiger partial charge on any atom is -0.486 e. The standard InChI is InChI=1S/C14H15ClN4O3S/c15-10-1-3-11(4-2-10)22-9-12-17-18-13(23-12)16-14(20)19-5-7-21-8-6-19/h1-4H,5-9H2,(H,16,18,20). The molecule has 1 fully saturated rings. The van der Waals surface area contributed by atoms with E-state index in [1.807, 2.05) is 0 Å². The average Bonchev–Trinajstić information content (AvgIpc) is 3.02. The van der Waals surface area contributed by atoms with E-state index in [9.17, 15) is 4.79 Å². The number of benzene rings is 1. The highest BCUT2D eigenvalue weighted by atomic mass is 35.5. The monoisotopic (exact) mass is 354 g/mol. The Kier molecular flexibility index (Phi) is 5.27. The van der Waals surface area contributed by atoms with E-state index >= 15 is 0 Å². The number of hydrogen-bond donors (Lipinski definition) is 1. The second-order valence-electron chi connectivity index (χ2n) is 4.77. The van der Waals surface area contributed by atoms with Crippen molar-refractivity contribution >= 4 is 34.1 Å². The Morgan fingerprint density at radius 1 is 1.30 bits per heavy atom. The Labute approximate surface area is 142 Å². The van der Waals surface area contributed by atoms with E-state index in [4.69, 9.17) is 21.1 Å². The van der Waals surface area contributed by atoms with Crippen LogP contribution in [-0.2, 0) is 11.3 Å². The fraction of sp³-hybridized carbons (Fsp3) is 0.357. The molecule has 1 aliphatic rings. The molecule has 1 saturated heterocycles. The predicted octanol–water partition coefficient (Wildman–Crippen LogP) is 2.63. The molecular formula is C14H15ClN4O3S. The highest BCUT2D eigenvalue weighted by molar-refractivity contribution is 7.15. The Bertz CT molecular complexity index is 658. The van der Waals surface area contributed by atoms with Gasteiger partial charge in [-0.3, -0.25) is 5.32 Å². The molecule has 122 valence electrons. The van der Waals surface area contributed by atoms with Gasteiger partial charge in [0.25, 0.3) is 0 Å². The van der Waals surface area contributed by atoms with Crippen molar-refractivity contribution in [3.8, 4) is 5.75 Å². The smallest absolute Gasteiger partial charge is 0.323 e. The number of carbonyl (C=O) groups is 1. The summed E-state index contributed by atoms with van der Waals surface area (Å²) < 4.78 is 10.8. The van der Waals surface area contributed by atoms with E-state index < -0.39 is 0 Å². The van der Waals surface area contributed by atoms with Crippen molar-refractivity contribution in [1.29, 1.82) is 0 Å². The zero-order valence-electron chi connectivity index (χ0n) is 12.2. The van der Waals surface area contributed by atoms with Crippen LogP contribution in [-0.4, -0.2) is 47.4 Å². The molecule has 0 spiro atoms. The normalized spacial score (nSPS) is 14.6. The summed E-state index contributed by atoms with van der Waals surface area (Å²) in [7, 11) is 0. The summed E-state index contributed by atoms with van der Waals surface area (Å²) in [6.07, 6.45) is 0. The van der Waals surface area contributed by atoms with Gasteiger partial charge in [-0.05, 0) is 24.3 Å². The third kappa shape index (κ3) is 4.54. The number of anilines is 1. The van der Waals surface area contributed by atoms with Gasteiger partial charge in [0.05, 0.1) is 13.2 Å². The van der Waals surface area contributed by atoms with Gasteiger partial charge in [-0.2, -0.15) is 0 Å². The molecule has 1 aliphatic heterocycles. The fourth-order valence-electron chi connectivity index (χ4n) is 1.98. The summed E-state index contributed by atoms with van der Waals surface area (Å²) in [6, 6.07) is 6.89. The number of ether oxygens (including phenoxy) is 2. The highest BCUT2D eigenvalue weighted by Crippen LogP contribution is 2.20. The van der Waals surface area contributed by atoms with Crippen molar-refractivity contribution in [2.45, 2.75) is 6.61 Å². The Balaban J connectivity index is 1.51. The summed E-state index contributed by atoms with van der Waals surface area (Å²) in [6.45, 7) is 2.56. The summed E-state index contributed by atoms with van der Waals surface area (Å²) in [5, 5.41) is 12.5. The Hall–Kier alpha value is -1.90. The first-order valence-corrected chi connectivity index (χ1v) is 8.24. The second kappa shape index (κ2) is 7.58. The van der Waals surface area contributed by atoms with Gasteiger partial charge >= 0.3 is 6.03 Å². The number of amides is 2. The number of hydrogen-bond acceptors (Lipinski definition) is 6. The second-order valence-corrected chi connectivity index (χ2v) is 6.27. The van der Waals surface area contributed by atoms with E-state index in [2.05, 4.69) is 15.5 Å². The van der Waals surface area contributed by atoms with Crippen LogP contribution in [0, 0.1) is 0 Å². The zero-order chi connectivity index (χ0) is 16.1. The van der Waals surface area contributed by atoms with E-state index in [1.54, 1.807) is 29.2 Å². The molecule has 7 nitrogen and oxygen atoms in total. The molecule has 0 unspecified atom stereocenters. The largest absolute Gasteiger partial charge is 0.486 e. The van der Waals surface area contributed by atoms with Crippen molar-refractivity contribution in [3.63, 3.8) is 0 Å². The van der Waals surface area contributed by atoms with Crippen molar-refractivity contribution in [2.75, 3.05) is 31.6 Å². The lowest BCUT2D eigenvalue weighted by molar-refractivity contribution is 0.0564. The van der Waals surface area contributed by atoms with Gasteiger partial charge in [-0.1, -0.05) is 22.9 Å². The lowest BCUT2D eigenvalue weighted by atomic mass is 10.3. The number of aromatic nitrogens is 2. The van der Waals surface area contributed by atoms with E-state index in [0.717, 1.165) is 0 Å². The molecule has 0 radical (unpaired) electrons. The van der Waals surface area contributed by atoms with Crippen LogP contribution in [0.1, 0.15) is 5.01 Å². The number of nitrogens with one attached hydrogen (secondary N) is 1. The van der Waals surface area contributed by atoms with Crippen molar-refractivity contribution < 1.29 is 14.3 Å². The van der Waals surface area contributed by atoms with Crippen molar-refractivity contribution in [3.05, 3.63) is 34.3 Å². The molecule has 3 rings (SSSR count). The van der Waals surface area contributed by atoms with Crippen LogP contribution >= 0.6 is 22.9 Å². The molecule has 0 bridgehead atoms. The Morgan fingerprint density at radius 3 is 2.78 bits per heavy atom. The lowest BCUT2D eigenvalue weighted by Gasteiger charge is -2.26. The molecule has 1 aromatic heterocycles. The summed E-state index contributed by atoms with van der Waals surface area (Å²) >= 11 is 7.10. The zero-order valence-corrected chi connectivity index (χ0v) is 13.8. The van der Waals surface area contributed by atoms with Gasteiger partial charge in [-0.25, -0.2) is 4.79 Å². The van der Waals surface area contributed by atoms with Crippen LogP contribution in [0.3, 0.4) is 0 Å². The molecule has 1 N–H and O–H groups in total. The molecule has 2 heterocycles. The van der Waals surface area contributed by atoms with Crippen LogP contribution < -0.4 is 10.1 Å². The van der Waals surface area contributed by atoms with Crippen LogP contribution in [0.5, 0.6) is 5.75 Å².